The number of rotatable bonds is 14. The van der Waals surface area contributed by atoms with Crippen molar-refractivity contribution in [3.63, 3.8) is 0 Å². The summed E-state index contributed by atoms with van der Waals surface area (Å²) in [6.45, 7) is 1.32. The number of ketones is 1. The Hall–Kier alpha value is -5.55. The number of aromatic nitrogens is 1. The van der Waals surface area contributed by atoms with Gasteiger partial charge in [0.25, 0.3) is 0 Å². The zero-order valence-electron chi connectivity index (χ0n) is 25.0. The predicted octanol–water partition coefficient (Wildman–Crippen LogP) is 8.77. The van der Waals surface area contributed by atoms with Crippen molar-refractivity contribution in [2.24, 2.45) is 0 Å². The van der Waals surface area contributed by atoms with Gasteiger partial charge in [0.05, 0.1) is 5.69 Å². The van der Waals surface area contributed by atoms with Gasteiger partial charge in [-0.25, -0.2) is 0 Å². The lowest BCUT2D eigenvalue weighted by atomic mass is 10.1. The molecule has 0 fully saturated rings. The first-order valence-electron chi connectivity index (χ1n) is 15.2. The molecule has 0 saturated carbocycles. The third-order valence-electron chi connectivity index (χ3n) is 7.53. The number of nitrogens with one attached hydrogen (secondary N) is 1. The van der Waals surface area contributed by atoms with Crippen LogP contribution in [0.15, 0.2) is 146 Å². The van der Waals surface area contributed by atoms with Crippen LogP contribution in [0.2, 0.25) is 0 Å². The monoisotopic (exact) mass is 593 g/mol. The molecule has 0 aliphatic rings. The molecule has 0 saturated heterocycles. The van der Waals surface area contributed by atoms with E-state index in [1.165, 1.54) is 5.56 Å². The molecule has 0 spiro atoms. The predicted molar refractivity (Wildman–Crippen MR) is 177 cm³/mol. The molecule has 6 aromatic rings. The van der Waals surface area contributed by atoms with Crippen molar-refractivity contribution in [1.82, 2.24) is 4.98 Å². The van der Waals surface area contributed by atoms with Crippen LogP contribution in [0.4, 0.5) is 0 Å². The number of aryl methyl sites for hydroxylation is 2. The minimum Gasteiger partial charge on any atom is -0.489 e. The summed E-state index contributed by atoms with van der Waals surface area (Å²) >= 11 is 0. The summed E-state index contributed by atoms with van der Waals surface area (Å²) in [7, 11) is 0. The van der Waals surface area contributed by atoms with Gasteiger partial charge < -0.3 is 19.2 Å². The normalized spacial score (nSPS) is 10.8. The highest BCUT2D eigenvalue weighted by atomic mass is 16.5. The van der Waals surface area contributed by atoms with Gasteiger partial charge in [0.1, 0.15) is 25.6 Å². The number of aromatic amines is 1. The lowest BCUT2D eigenvalue weighted by molar-refractivity contribution is 0.103. The van der Waals surface area contributed by atoms with Gasteiger partial charge in [-0.15, -0.1) is 0 Å². The first-order valence-corrected chi connectivity index (χ1v) is 15.2. The second kappa shape index (κ2) is 14.8. The Kier molecular flexibility index (Phi) is 9.68. The number of benzene rings is 5. The first kappa shape index (κ1) is 29.5. The van der Waals surface area contributed by atoms with Crippen molar-refractivity contribution in [3.05, 3.63) is 185 Å². The molecule has 1 aromatic heterocycles. The van der Waals surface area contributed by atoms with Crippen LogP contribution in [0.5, 0.6) is 17.2 Å². The molecule has 0 unspecified atom stereocenters. The second-order valence-corrected chi connectivity index (χ2v) is 10.9. The molecule has 224 valence electrons. The van der Waals surface area contributed by atoms with Gasteiger partial charge in [-0.3, -0.25) is 4.79 Å². The summed E-state index contributed by atoms with van der Waals surface area (Å²) in [5.74, 6) is 1.87. The lowest BCUT2D eigenvalue weighted by Crippen LogP contribution is -2.05. The van der Waals surface area contributed by atoms with Crippen LogP contribution >= 0.6 is 0 Å². The molecule has 0 amide bonds. The van der Waals surface area contributed by atoms with Gasteiger partial charge in [-0.1, -0.05) is 103 Å². The number of ether oxygens (including phenoxy) is 3. The van der Waals surface area contributed by atoms with Gasteiger partial charge in [0, 0.05) is 11.3 Å². The molecule has 0 radical (unpaired) electrons. The van der Waals surface area contributed by atoms with E-state index in [1.807, 2.05) is 109 Å². The minimum absolute atomic E-state index is 0.0969. The Morgan fingerprint density at radius 2 is 1.04 bits per heavy atom. The van der Waals surface area contributed by atoms with E-state index in [9.17, 15) is 4.79 Å². The van der Waals surface area contributed by atoms with Crippen molar-refractivity contribution in [3.8, 4) is 17.2 Å². The molecular formula is C40H35NO4. The zero-order valence-corrected chi connectivity index (χ0v) is 25.0. The second-order valence-electron chi connectivity index (χ2n) is 10.9. The molecule has 0 atom stereocenters. The van der Waals surface area contributed by atoms with Crippen molar-refractivity contribution < 1.29 is 19.0 Å². The molecule has 0 aliphatic heterocycles. The molecule has 0 aliphatic carbocycles. The molecule has 5 aromatic carbocycles. The summed E-state index contributed by atoms with van der Waals surface area (Å²) in [6.07, 6.45) is 1.63. The number of carbonyl (C=O) groups is 1. The highest BCUT2D eigenvalue weighted by Crippen LogP contribution is 2.31. The molecule has 1 heterocycles. The summed E-state index contributed by atoms with van der Waals surface area (Å²) in [5.41, 5.74) is 6.51. The maximum atomic E-state index is 13.5. The molecule has 1 N–H and O–H groups in total. The van der Waals surface area contributed by atoms with Crippen LogP contribution in [0.25, 0.3) is 0 Å². The number of H-pyrrole nitrogens is 1. The summed E-state index contributed by atoms with van der Waals surface area (Å²) < 4.78 is 18.2. The van der Waals surface area contributed by atoms with Crippen molar-refractivity contribution in [2.45, 2.75) is 32.7 Å². The number of hydrogen-bond acceptors (Lipinski definition) is 4. The number of carbonyl (C=O) groups excluding carboxylic acids is 1. The molecule has 5 nitrogen and oxygen atoms in total. The van der Waals surface area contributed by atoms with Gasteiger partial charge in [0.15, 0.2) is 11.5 Å². The fourth-order valence-corrected chi connectivity index (χ4v) is 5.00. The van der Waals surface area contributed by atoms with Gasteiger partial charge in [0.2, 0.25) is 5.78 Å². The third-order valence-corrected chi connectivity index (χ3v) is 7.53. The lowest BCUT2D eigenvalue weighted by Gasteiger charge is -2.14. The fourth-order valence-electron chi connectivity index (χ4n) is 5.00. The molecule has 5 heteroatoms. The van der Waals surface area contributed by atoms with Crippen LogP contribution in [-0.2, 0) is 32.7 Å². The molecule has 0 bridgehead atoms. The summed E-state index contributed by atoms with van der Waals surface area (Å²) in [4.78, 5) is 16.8. The Bertz CT molecular complexity index is 1800. The van der Waals surface area contributed by atoms with E-state index in [4.69, 9.17) is 14.2 Å². The van der Waals surface area contributed by atoms with E-state index in [-0.39, 0.29) is 5.78 Å². The van der Waals surface area contributed by atoms with Crippen LogP contribution in [0.3, 0.4) is 0 Å². The quantitative estimate of drug-likeness (QED) is 0.128. The van der Waals surface area contributed by atoms with E-state index >= 15 is 0 Å². The molecule has 6 rings (SSSR count). The SMILES string of the molecule is O=C(c1ccc(OCc2ccccc2)c(OCc2ccccc2)c1)c1ccc(CCc2ccc(OCc3ccccc3)cc2)[nH]1. The summed E-state index contributed by atoms with van der Waals surface area (Å²) in [5, 5.41) is 0. The highest BCUT2D eigenvalue weighted by Gasteiger charge is 2.16. The van der Waals surface area contributed by atoms with Crippen LogP contribution in [0.1, 0.15) is 44.0 Å². The topological polar surface area (TPSA) is 60.6 Å². The average molecular weight is 594 g/mol. The summed E-state index contributed by atoms with van der Waals surface area (Å²) in [6, 6.07) is 47.5. The van der Waals surface area contributed by atoms with E-state index in [0.717, 1.165) is 41.0 Å². The maximum Gasteiger partial charge on any atom is 0.209 e. The highest BCUT2D eigenvalue weighted by molar-refractivity contribution is 6.08. The maximum absolute atomic E-state index is 13.5. The Balaban J connectivity index is 1.08. The van der Waals surface area contributed by atoms with Gasteiger partial charge in [-0.2, -0.15) is 0 Å². The smallest absolute Gasteiger partial charge is 0.209 e. The van der Waals surface area contributed by atoms with Crippen molar-refractivity contribution in [2.75, 3.05) is 0 Å². The zero-order chi connectivity index (χ0) is 30.7. The van der Waals surface area contributed by atoms with E-state index < -0.39 is 0 Å². The minimum atomic E-state index is -0.0969. The van der Waals surface area contributed by atoms with Crippen molar-refractivity contribution >= 4 is 5.78 Å². The number of hydrogen-bond donors (Lipinski definition) is 1. The van der Waals surface area contributed by atoms with Crippen LogP contribution in [-0.4, -0.2) is 10.8 Å². The average Bonchev–Trinajstić information content (AvgIpc) is 3.59. The van der Waals surface area contributed by atoms with E-state index in [1.54, 1.807) is 12.1 Å². The first-order chi connectivity index (χ1) is 22.2. The Labute approximate surface area is 264 Å². The van der Waals surface area contributed by atoms with Gasteiger partial charge >= 0.3 is 0 Å². The standard InChI is InChI=1S/C40H35NO4/c42-40(37-24-21-35(41-37)20-16-30-17-22-36(23-18-30)43-27-31-10-4-1-5-11-31)34-19-25-38(44-28-32-12-6-2-7-13-32)39(26-34)45-29-33-14-8-3-9-15-33/h1-15,17-19,21-26,41H,16,20,27-29H2. The van der Waals surface area contributed by atoms with E-state index in [2.05, 4.69) is 29.2 Å². The van der Waals surface area contributed by atoms with Crippen LogP contribution in [0, 0.1) is 0 Å². The largest absolute Gasteiger partial charge is 0.489 e. The van der Waals surface area contributed by atoms with Crippen LogP contribution < -0.4 is 14.2 Å². The van der Waals surface area contributed by atoms with E-state index in [0.29, 0.717) is 42.6 Å². The molecular weight excluding hydrogens is 558 g/mol. The van der Waals surface area contributed by atoms with Gasteiger partial charge in [-0.05, 0) is 77.6 Å². The fraction of sp³-hybridized carbons (Fsp3) is 0.125. The Morgan fingerprint density at radius 1 is 0.489 bits per heavy atom. The Morgan fingerprint density at radius 3 is 1.64 bits per heavy atom. The van der Waals surface area contributed by atoms with Crippen molar-refractivity contribution in [1.29, 1.82) is 0 Å². The molecule has 45 heavy (non-hydrogen) atoms. The third kappa shape index (κ3) is 8.30.